The molecule has 0 spiro atoms. The first-order valence-corrected chi connectivity index (χ1v) is 14.2. The van der Waals surface area contributed by atoms with Crippen LogP contribution in [-0.2, 0) is 13.1 Å². The first-order valence-electron chi connectivity index (χ1n) is 14.2. The van der Waals surface area contributed by atoms with Gasteiger partial charge in [-0.1, -0.05) is 54.6 Å². The van der Waals surface area contributed by atoms with Crippen molar-refractivity contribution in [2.24, 2.45) is 0 Å². The maximum Gasteiger partial charge on any atom is 0.243 e. The number of aromatic nitrogens is 6. The van der Waals surface area contributed by atoms with Crippen LogP contribution < -0.4 is 10.1 Å². The summed E-state index contributed by atoms with van der Waals surface area (Å²) in [5.41, 5.74) is 6.08. The first-order chi connectivity index (χ1) is 20.7. The summed E-state index contributed by atoms with van der Waals surface area (Å²) in [4.78, 5) is 24.8. The lowest BCUT2D eigenvalue weighted by Crippen LogP contribution is -2.38. The molecule has 5 aromatic rings. The predicted molar refractivity (Wildman–Crippen MR) is 158 cm³/mol. The molecule has 10 nitrogen and oxygen atoms in total. The molecule has 3 aromatic heterocycles. The number of rotatable bonds is 6. The minimum Gasteiger partial charge on any atom is -0.474 e. The van der Waals surface area contributed by atoms with E-state index in [1.54, 1.807) is 18.6 Å². The predicted octanol–water partition coefficient (Wildman–Crippen LogP) is 4.80. The normalized spacial score (nSPS) is 15.1. The molecule has 1 N–H and O–H groups in total. The van der Waals surface area contributed by atoms with Crippen molar-refractivity contribution in [2.75, 3.05) is 25.0 Å². The van der Waals surface area contributed by atoms with Crippen molar-refractivity contribution in [1.29, 1.82) is 5.26 Å². The van der Waals surface area contributed by atoms with Gasteiger partial charge in [-0.2, -0.15) is 5.26 Å². The van der Waals surface area contributed by atoms with Gasteiger partial charge in [-0.05, 0) is 24.5 Å². The topological polar surface area (TPSA) is 118 Å². The van der Waals surface area contributed by atoms with Crippen molar-refractivity contribution in [3.05, 3.63) is 90.6 Å². The molecule has 208 valence electrons. The number of ether oxygens (including phenoxy) is 1. The lowest BCUT2D eigenvalue weighted by molar-refractivity contribution is 0.211. The van der Waals surface area contributed by atoms with Crippen LogP contribution in [0.3, 0.4) is 0 Å². The second-order valence-electron chi connectivity index (χ2n) is 10.5. The van der Waals surface area contributed by atoms with Gasteiger partial charge in [-0.15, -0.1) is 0 Å². The smallest absolute Gasteiger partial charge is 0.243 e. The zero-order chi connectivity index (χ0) is 28.3. The van der Waals surface area contributed by atoms with Crippen LogP contribution in [-0.4, -0.2) is 60.1 Å². The molecule has 5 heterocycles. The lowest BCUT2D eigenvalue weighted by Gasteiger charge is -2.32. The molecule has 1 saturated heterocycles. The van der Waals surface area contributed by atoms with E-state index in [0.29, 0.717) is 36.6 Å². The van der Waals surface area contributed by atoms with E-state index in [1.807, 2.05) is 18.2 Å². The monoisotopic (exact) mass is 555 g/mol. The lowest BCUT2D eigenvalue weighted by atomic mass is 10.0. The molecule has 0 bridgehead atoms. The number of fused-ring (bicyclic) bond motifs is 3. The van der Waals surface area contributed by atoms with E-state index in [2.05, 4.69) is 83.3 Å². The van der Waals surface area contributed by atoms with E-state index in [9.17, 15) is 0 Å². The number of hydrogen-bond donors (Lipinski definition) is 1. The van der Waals surface area contributed by atoms with Crippen LogP contribution in [0.25, 0.3) is 34.0 Å². The Kier molecular flexibility index (Phi) is 7.00. The van der Waals surface area contributed by atoms with Gasteiger partial charge in [0.2, 0.25) is 11.7 Å². The number of likely N-dealkylation sites (tertiary alicyclic amines) is 1. The molecule has 0 saturated carbocycles. The molecule has 0 atom stereocenters. The van der Waals surface area contributed by atoms with Crippen LogP contribution in [0.5, 0.6) is 5.88 Å². The molecule has 42 heavy (non-hydrogen) atoms. The van der Waals surface area contributed by atoms with E-state index in [4.69, 9.17) is 15.0 Å². The van der Waals surface area contributed by atoms with Gasteiger partial charge in [0.1, 0.15) is 18.5 Å². The van der Waals surface area contributed by atoms with Crippen molar-refractivity contribution in [1.82, 2.24) is 34.4 Å². The standard InChI is InChI=1S/C32H29N9O/c33-20-27-34-13-10-26(38-27)37-25-11-16-40(17-12-25)21-22-6-8-23(9-7-22)28-30(24-4-2-1-3-5-24)41-18-19-42-32-29(31(41)39-28)35-14-15-36-32/h1-10,13-15,25H,11-12,16-19,21H2,(H,34,37,38). The molecule has 10 heteroatoms. The summed E-state index contributed by atoms with van der Waals surface area (Å²) in [6.45, 7) is 4.03. The minimum absolute atomic E-state index is 0.190. The molecule has 0 unspecified atom stereocenters. The Morgan fingerprint density at radius 1 is 0.833 bits per heavy atom. The molecular weight excluding hydrogens is 526 g/mol. The third-order valence-electron chi connectivity index (χ3n) is 7.77. The van der Waals surface area contributed by atoms with E-state index in [1.165, 1.54) is 5.56 Å². The maximum atomic E-state index is 9.05. The number of piperidine rings is 1. The van der Waals surface area contributed by atoms with E-state index >= 15 is 0 Å². The highest BCUT2D eigenvalue weighted by atomic mass is 16.5. The highest BCUT2D eigenvalue weighted by Crippen LogP contribution is 2.38. The number of nitriles is 1. The quantitative estimate of drug-likeness (QED) is 0.315. The van der Waals surface area contributed by atoms with Crippen LogP contribution in [0.15, 0.2) is 79.3 Å². The van der Waals surface area contributed by atoms with Gasteiger partial charge < -0.3 is 14.6 Å². The first kappa shape index (κ1) is 25.8. The van der Waals surface area contributed by atoms with Crippen LogP contribution in [0.2, 0.25) is 0 Å². The fraction of sp³-hybridized carbons (Fsp3) is 0.250. The molecule has 1 fully saturated rings. The van der Waals surface area contributed by atoms with Crippen LogP contribution in [0.1, 0.15) is 24.2 Å². The summed E-state index contributed by atoms with van der Waals surface area (Å²) in [6.07, 6.45) is 6.98. The number of imidazole rings is 1. The second kappa shape index (κ2) is 11.4. The fourth-order valence-corrected chi connectivity index (χ4v) is 5.72. The Morgan fingerprint density at radius 3 is 2.45 bits per heavy atom. The maximum absolute atomic E-state index is 9.05. The van der Waals surface area contributed by atoms with Crippen LogP contribution in [0, 0.1) is 11.3 Å². The van der Waals surface area contributed by atoms with Gasteiger partial charge in [0.05, 0.1) is 17.9 Å². The van der Waals surface area contributed by atoms with Crippen molar-refractivity contribution < 1.29 is 4.74 Å². The Bertz CT molecular complexity index is 1740. The van der Waals surface area contributed by atoms with Gasteiger partial charge in [0, 0.05) is 55.4 Å². The zero-order valence-corrected chi connectivity index (χ0v) is 23.0. The van der Waals surface area contributed by atoms with Gasteiger partial charge in [-0.25, -0.2) is 24.9 Å². The summed E-state index contributed by atoms with van der Waals surface area (Å²) in [5, 5.41) is 12.5. The summed E-state index contributed by atoms with van der Waals surface area (Å²) in [6, 6.07) is 23.3. The molecule has 2 aliphatic heterocycles. The van der Waals surface area contributed by atoms with Gasteiger partial charge in [0.25, 0.3) is 0 Å². The van der Waals surface area contributed by atoms with Crippen molar-refractivity contribution in [3.8, 4) is 46.0 Å². The summed E-state index contributed by atoms with van der Waals surface area (Å²) in [7, 11) is 0. The number of nitrogens with one attached hydrogen (secondary N) is 1. The Balaban J connectivity index is 1.09. The minimum atomic E-state index is 0.190. The largest absolute Gasteiger partial charge is 0.474 e. The summed E-state index contributed by atoms with van der Waals surface area (Å²) < 4.78 is 8.11. The number of nitrogens with zero attached hydrogens (tertiary/aromatic N) is 8. The molecular formula is C32H29N9O. The van der Waals surface area contributed by atoms with Gasteiger partial charge >= 0.3 is 0 Å². The highest BCUT2D eigenvalue weighted by Gasteiger charge is 2.27. The third kappa shape index (κ3) is 5.18. The molecule has 0 amide bonds. The third-order valence-corrected chi connectivity index (χ3v) is 7.77. The number of benzene rings is 2. The highest BCUT2D eigenvalue weighted by molar-refractivity contribution is 5.82. The summed E-state index contributed by atoms with van der Waals surface area (Å²) >= 11 is 0. The second-order valence-corrected chi connectivity index (χ2v) is 10.5. The molecule has 2 aromatic carbocycles. The molecule has 7 rings (SSSR count). The Hall–Kier alpha value is -5.14. The number of anilines is 1. The Labute approximate surface area is 243 Å². The molecule has 0 radical (unpaired) electrons. The molecule has 0 aliphatic carbocycles. The Morgan fingerprint density at radius 2 is 1.64 bits per heavy atom. The SMILES string of the molecule is N#Cc1nccc(NC2CCN(Cc3ccc(-c4nc5n(c4-c4ccccc4)CCOc4nccnc4-5)cc3)CC2)n1. The van der Waals surface area contributed by atoms with Crippen molar-refractivity contribution in [2.45, 2.75) is 32.0 Å². The van der Waals surface area contributed by atoms with E-state index in [-0.39, 0.29) is 5.82 Å². The fourth-order valence-electron chi connectivity index (χ4n) is 5.72. The van der Waals surface area contributed by atoms with Crippen molar-refractivity contribution >= 4 is 5.82 Å². The zero-order valence-electron chi connectivity index (χ0n) is 23.0. The van der Waals surface area contributed by atoms with Gasteiger partial charge in [-0.3, -0.25) is 4.90 Å². The van der Waals surface area contributed by atoms with E-state index in [0.717, 1.165) is 60.8 Å². The average molecular weight is 556 g/mol. The van der Waals surface area contributed by atoms with Gasteiger partial charge in [0.15, 0.2) is 11.5 Å². The number of hydrogen-bond acceptors (Lipinski definition) is 9. The van der Waals surface area contributed by atoms with Crippen LogP contribution >= 0.6 is 0 Å². The average Bonchev–Trinajstić information content (AvgIpc) is 3.32. The summed E-state index contributed by atoms with van der Waals surface area (Å²) in [5.74, 6) is 2.20. The van der Waals surface area contributed by atoms with Crippen LogP contribution in [0.4, 0.5) is 5.82 Å². The van der Waals surface area contributed by atoms with Crippen molar-refractivity contribution in [3.63, 3.8) is 0 Å². The van der Waals surface area contributed by atoms with E-state index < -0.39 is 0 Å². The molecule has 2 aliphatic rings.